The van der Waals surface area contributed by atoms with E-state index >= 15 is 0 Å². The number of aryl methyl sites for hydroxylation is 1. The average Bonchev–Trinajstić information content (AvgIpc) is 2.47. The number of Topliss-reactive ketones (excluding diaryl/α,β-unsaturated/α-hetero) is 1. The van der Waals surface area contributed by atoms with Crippen molar-refractivity contribution in [3.05, 3.63) is 23.7 Å². The minimum Gasteiger partial charge on any atom is -0.458 e. The average molecular weight is 167 g/mol. The van der Waals surface area contributed by atoms with Crippen molar-refractivity contribution in [2.75, 3.05) is 6.54 Å². The minimum absolute atomic E-state index is 0.0357. The van der Waals surface area contributed by atoms with E-state index in [9.17, 15) is 4.79 Å². The molecular formula is C9H13NO2. The molecule has 0 aliphatic rings. The van der Waals surface area contributed by atoms with Gasteiger partial charge in [0.25, 0.3) is 0 Å². The van der Waals surface area contributed by atoms with Crippen molar-refractivity contribution in [2.45, 2.75) is 19.8 Å². The molecular weight excluding hydrogens is 154 g/mol. The number of hydrogen-bond acceptors (Lipinski definition) is 3. The van der Waals surface area contributed by atoms with Crippen molar-refractivity contribution in [1.29, 1.82) is 0 Å². The van der Waals surface area contributed by atoms with Crippen LogP contribution in [0.5, 0.6) is 0 Å². The van der Waals surface area contributed by atoms with Gasteiger partial charge >= 0.3 is 0 Å². The fourth-order valence-electron chi connectivity index (χ4n) is 0.970. The first-order chi connectivity index (χ1) is 5.74. The molecule has 1 aromatic heterocycles. The Bertz CT molecular complexity index is 265. The van der Waals surface area contributed by atoms with E-state index in [1.165, 1.54) is 0 Å². The van der Waals surface area contributed by atoms with Gasteiger partial charge in [-0.2, -0.15) is 0 Å². The molecule has 0 aromatic carbocycles. The number of rotatable bonds is 4. The highest BCUT2D eigenvalue weighted by atomic mass is 16.3. The molecule has 66 valence electrons. The van der Waals surface area contributed by atoms with Crippen LogP contribution in [0.4, 0.5) is 0 Å². The Labute approximate surface area is 71.6 Å². The maximum Gasteiger partial charge on any atom is 0.198 e. The fourth-order valence-corrected chi connectivity index (χ4v) is 0.970. The lowest BCUT2D eigenvalue weighted by atomic mass is 10.2. The first-order valence-electron chi connectivity index (χ1n) is 4.03. The molecule has 0 fully saturated rings. The van der Waals surface area contributed by atoms with Crippen LogP contribution in [0.2, 0.25) is 0 Å². The van der Waals surface area contributed by atoms with Crippen LogP contribution in [0.3, 0.4) is 0 Å². The largest absolute Gasteiger partial charge is 0.458 e. The molecule has 0 saturated carbocycles. The van der Waals surface area contributed by atoms with Crippen molar-refractivity contribution < 1.29 is 9.21 Å². The molecule has 0 radical (unpaired) electrons. The van der Waals surface area contributed by atoms with E-state index < -0.39 is 0 Å². The zero-order chi connectivity index (χ0) is 8.97. The van der Waals surface area contributed by atoms with Crippen molar-refractivity contribution in [3.8, 4) is 0 Å². The highest BCUT2D eigenvalue weighted by Gasteiger charge is 2.08. The van der Waals surface area contributed by atoms with E-state index in [-0.39, 0.29) is 5.78 Å². The molecule has 1 heterocycles. The second kappa shape index (κ2) is 4.07. The van der Waals surface area contributed by atoms with E-state index in [1.807, 2.05) is 6.92 Å². The number of furan rings is 1. The summed E-state index contributed by atoms with van der Waals surface area (Å²) in [5.74, 6) is 1.25. The van der Waals surface area contributed by atoms with Gasteiger partial charge in [0.15, 0.2) is 11.5 Å². The maximum absolute atomic E-state index is 11.3. The third-order valence-electron chi connectivity index (χ3n) is 1.62. The van der Waals surface area contributed by atoms with Crippen molar-refractivity contribution in [1.82, 2.24) is 0 Å². The van der Waals surface area contributed by atoms with Gasteiger partial charge in [-0.3, -0.25) is 4.79 Å². The summed E-state index contributed by atoms with van der Waals surface area (Å²) in [4.78, 5) is 11.3. The molecule has 12 heavy (non-hydrogen) atoms. The van der Waals surface area contributed by atoms with Crippen LogP contribution in [0.25, 0.3) is 0 Å². The van der Waals surface area contributed by atoms with Crippen LogP contribution < -0.4 is 5.73 Å². The number of nitrogens with two attached hydrogens (primary N) is 1. The topological polar surface area (TPSA) is 56.2 Å². The van der Waals surface area contributed by atoms with Gasteiger partial charge in [-0.15, -0.1) is 0 Å². The van der Waals surface area contributed by atoms with Crippen LogP contribution in [-0.4, -0.2) is 12.3 Å². The van der Waals surface area contributed by atoms with Crippen LogP contribution in [0.15, 0.2) is 16.5 Å². The summed E-state index contributed by atoms with van der Waals surface area (Å²) >= 11 is 0. The Morgan fingerprint density at radius 2 is 2.33 bits per heavy atom. The first kappa shape index (κ1) is 9.00. The predicted octanol–water partition coefficient (Wildman–Crippen LogP) is 1.51. The van der Waals surface area contributed by atoms with Crippen molar-refractivity contribution in [3.63, 3.8) is 0 Å². The predicted molar refractivity (Wildman–Crippen MR) is 46.1 cm³/mol. The van der Waals surface area contributed by atoms with Crippen molar-refractivity contribution in [2.24, 2.45) is 5.73 Å². The van der Waals surface area contributed by atoms with Gasteiger partial charge in [0.1, 0.15) is 5.76 Å². The third kappa shape index (κ3) is 2.20. The molecule has 0 aliphatic carbocycles. The smallest absolute Gasteiger partial charge is 0.198 e. The lowest BCUT2D eigenvalue weighted by molar-refractivity contribution is 0.0952. The monoisotopic (exact) mass is 167 g/mol. The van der Waals surface area contributed by atoms with E-state index in [1.54, 1.807) is 12.1 Å². The first-order valence-corrected chi connectivity index (χ1v) is 4.03. The molecule has 1 rings (SSSR count). The van der Waals surface area contributed by atoms with Gasteiger partial charge in [0, 0.05) is 6.42 Å². The third-order valence-corrected chi connectivity index (χ3v) is 1.62. The molecule has 0 bridgehead atoms. The molecule has 2 N–H and O–H groups in total. The quantitative estimate of drug-likeness (QED) is 0.691. The Balaban J connectivity index is 2.53. The highest BCUT2D eigenvalue weighted by Crippen LogP contribution is 2.09. The molecule has 0 spiro atoms. The van der Waals surface area contributed by atoms with Gasteiger partial charge in [0.2, 0.25) is 0 Å². The highest BCUT2D eigenvalue weighted by molar-refractivity contribution is 5.93. The minimum atomic E-state index is 0.0357. The maximum atomic E-state index is 11.3. The summed E-state index contributed by atoms with van der Waals surface area (Å²) in [7, 11) is 0. The van der Waals surface area contributed by atoms with Gasteiger partial charge in [-0.05, 0) is 32.0 Å². The number of ketones is 1. The van der Waals surface area contributed by atoms with Gasteiger partial charge in [-0.25, -0.2) is 0 Å². The molecule has 0 aliphatic heterocycles. The Morgan fingerprint density at radius 1 is 1.58 bits per heavy atom. The van der Waals surface area contributed by atoms with Gasteiger partial charge < -0.3 is 10.2 Å². The van der Waals surface area contributed by atoms with Crippen LogP contribution >= 0.6 is 0 Å². The summed E-state index contributed by atoms with van der Waals surface area (Å²) in [5.41, 5.74) is 5.28. The molecule has 0 saturated heterocycles. The molecule has 3 nitrogen and oxygen atoms in total. The Kier molecular flexibility index (Phi) is 3.05. The van der Waals surface area contributed by atoms with E-state index in [2.05, 4.69) is 0 Å². The number of carbonyl (C=O) groups excluding carboxylic acids is 1. The molecule has 0 atom stereocenters. The standard InChI is InChI=1S/C9H13NO2/c1-7-4-5-9(12-7)8(11)3-2-6-10/h4-5H,2-3,6,10H2,1H3. The lowest BCUT2D eigenvalue weighted by Crippen LogP contribution is -2.03. The second-order valence-electron chi connectivity index (χ2n) is 2.73. The summed E-state index contributed by atoms with van der Waals surface area (Å²) in [6.07, 6.45) is 1.20. The van der Waals surface area contributed by atoms with Crippen LogP contribution in [0.1, 0.15) is 29.2 Å². The van der Waals surface area contributed by atoms with E-state index in [0.717, 1.165) is 12.2 Å². The zero-order valence-electron chi connectivity index (χ0n) is 7.17. The summed E-state index contributed by atoms with van der Waals surface area (Å²) in [6, 6.07) is 3.49. The lowest BCUT2D eigenvalue weighted by Gasteiger charge is -1.93. The molecule has 0 unspecified atom stereocenters. The van der Waals surface area contributed by atoms with Gasteiger partial charge in [-0.1, -0.05) is 0 Å². The molecule has 1 aromatic rings. The fraction of sp³-hybridized carbons (Fsp3) is 0.444. The molecule has 3 heteroatoms. The zero-order valence-corrected chi connectivity index (χ0v) is 7.17. The SMILES string of the molecule is Cc1ccc(C(=O)CCCN)o1. The Hall–Kier alpha value is -1.09. The summed E-state index contributed by atoms with van der Waals surface area (Å²) in [6.45, 7) is 2.37. The summed E-state index contributed by atoms with van der Waals surface area (Å²) < 4.78 is 5.15. The van der Waals surface area contributed by atoms with Crippen molar-refractivity contribution >= 4 is 5.78 Å². The second-order valence-corrected chi connectivity index (χ2v) is 2.73. The normalized spacial score (nSPS) is 10.2. The van der Waals surface area contributed by atoms with Gasteiger partial charge in [0.05, 0.1) is 0 Å². The summed E-state index contributed by atoms with van der Waals surface area (Å²) in [5, 5.41) is 0. The molecule has 0 amide bonds. The number of hydrogen-bond donors (Lipinski definition) is 1. The number of carbonyl (C=O) groups is 1. The Morgan fingerprint density at radius 3 is 2.83 bits per heavy atom. The van der Waals surface area contributed by atoms with E-state index in [0.29, 0.717) is 18.7 Å². The van der Waals surface area contributed by atoms with Crippen LogP contribution in [-0.2, 0) is 0 Å². The van der Waals surface area contributed by atoms with Crippen LogP contribution in [0, 0.1) is 6.92 Å². The van der Waals surface area contributed by atoms with E-state index in [4.69, 9.17) is 10.2 Å².